The van der Waals surface area contributed by atoms with Crippen LogP contribution in [-0.2, 0) is 4.74 Å². The second-order valence-corrected chi connectivity index (χ2v) is 3.82. The number of nitrogens with zero attached hydrogens (tertiary/aromatic N) is 1. The van der Waals surface area contributed by atoms with Gasteiger partial charge in [-0.2, -0.15) is 0 Å². The van der Waals surface area contributed by atoms with Crippen LogP contribution in [0.4, 0.5) is 4.39 Å². The Morgan fingerprint density at radius 3 is 2.61 bits per heavy atom. The van der Waals surface area contributed by atoms with Gasteiger partial charge < -0.3 is 9.47 Å². The van der Waals surface area contributed by atoms with Gasteiger partial charge >= 0.3 is 5.97 Å². The molecule has 4 nitrogen and oxygen atoms in total. The molecular formula is C13H12FNO3. The van der Waals surface area contributed by atoms with Crippen LogP contribution in [0.5, 0.6) is 5.75 Å². The normalized spacial score (nSPS) is 10.4. The first-order chi connectivity index (χ1) is 8.56. The van der Waals surface area contributed by atoms with E-state index in [1.54, 1.807) is 6.92 Å². The minimum absolute atomic E-state index is 0.136. The molecule has 0 amide bonds. The summed E-state index contributed by atoms with van der Waals surface area (Å²) in [7, 11) is 2.73. The van der Waals surface area contributed by atoms with Crippen molar-refractivity contribution in [3.05, 3.63) is 35.3 Å². The van der Waals surface area contributed by atoms with Crippen LogP contribution in [0, 0.1) is 12.7 Å². The number of aryl methyl sites for hydroxylation is 1. The number of aromatic nitrogens is 1. The maximum Gasteiger partial charge on any atom is 0.356 e. The quantitative estimate of drug-likeness (QED) is 0.767. The van der Waals surface area contributed by atoms with Crippen LogP contribution in [0.2, 0.25) is 0 Å². The van der Waals surface area contributed by atoms with Gasteiger partial charge in [0.2, 0.25) is 0 Å². The third-order valence-electron chi connectivity index (χ3n) is 2.65. The van der Waals surface area contributed by atoms with Gasteiger partial charge in [0.05, 0.1) is 19.7 Å². The smallest absolute Gasteiger partial charge is 0.356 e. The Morgan fingerprint density at radius 2 is 2.00 bits per heavy atom. The summed E-state index contributed by atoms with van der Waals surface area (Å²) in [6.45, 7) is 1.72. The molecule has 2 aromatic rings. The number of hydrogen-bond acceptors (Lipinski definition) is 4. The van der Waals surface area contributed by atoms with E-state index in [4.69, 9.17) is 4.74 Å². The standard InChI is InChI=1S/C13H12FNO3/c1-7-4-8(14)5-9-11(17-2)6-10(13(16)18-3)15-12(7)9/h4-6H,1-3H3. The molecule has 5 heteroatoms. The van der Waals surface area contributed by atoms with E-state index in [1.807, 2.05) is 0 Å². The van der Waals surface area contributed by atoms with E-state index in [1.165, 1.54) is 32.4 Å². The van der Waals surface area contributed by atoms with Crippen LogP contribution < -0.4 is 4.74 Å². The minimum atomic E-state index is -0.557. The third kappa shape index (κ3) is 1.99. The molecule has 0 fully saturated rings. The van der Waals surface area contributed by atoms with Gasteiger partial charge in [-0.3, -0.25) is 0 Å². The summed E-state index contributed by atoms with van der Waals surface area (Å²) >= 11 is 0. The molecule has 0 N–H and O–H groups in total. The van der Waals surface area contributed by atoms with E-state index in [0.717, 1.165) is 0 Å². The van der Waals surface area contributed by atoms with Crippen LogP contribution in [0.25, 0.3) is 10.9 Å². The topological polar surface area (TPSA) is 48.4 Å². The predicted molar refractivity (Wildman–Crippen MR) is 64.3 cm³/mol. The fourth-order valence-electron chi connectivity index (χ4n) is 1.80. The van der Waals surface area contributed by atoms with Crippen LogP contribution in [0.1, 0.15) is 16.1 Å². The van der Waals surface area contributed by atoms with E-state index in [9.17, 15) is 9.18 Å². The number of ether oxygens (including phenoxy) is 2. The van der Waals surface area contributed by atoms with Crippen molar-refractivity contribution >= 4 is 16.9 Å². The maximum atomic E-state index is 13.4. The Bertz CT molecular complexity index is 625. The molecule has 18 heavy (non-hydrogen) atoms. The highest BCUT2D eigenvalue weighted by molar-refractivity contribution is 5.95. The van der Waals surface area contributed by atoms with Gasteiger partial charge in [0.25, 0.3) is 0 Å². The zero-order valence-electron chi connectivity index (χ0n) is 10.3. The van der Waals surface area contributed by atoms with Crippen LogP contribution in [-0.4, -0.2) is 25.2 Å². The number of methoxy groups -OCH3 is 2. The molecule has 0 bridgehead atoms. The number of esters is 1. The average molecular weight is 249 g/mol. The molecule has 0 aliphatic heterocycles. The van der Waals surface area contributed by atoms with Crippen LogP contribution in [0.3, 0.4) is 0 Å². The van der Waals surface area contributed by atoms with Crippen LogP contribution >= 0.6 is 0 Å². The lowest BCUT2D eigenvalue weighted by Crippen LogP contribution is -2.05. The summed E-state index contributed by atoms with van der Waals surface area (Å²) in [4.78, 5) is 15.7. The molecule has 0 saturated carbocycles. The fourth-order valence-corrected chi connectivity index (χ4v) is 1.80. The number of halogens is 1. The molecule has 2 rings (SSSR count). The van der Waals surface area contributed by atoms with Crippen molar-refractivity contribution in [3.63, 3.8) is 0 Å². The predicted octanol–water partition coefficient (Wildman–Crippen LogP) is 2.48. The molecule has 0 aliphatic rings. The summed E-state index contributed by atoms with van der Waals surface area (Å²) in [6, 6.07) is 4.12. The van der Waals surface area contributed by atoms with Gasteiger partial charge in [-0.15, -0.1) is 0 Å². The number of rotatable bonds is 2. The molecule has 0 spiro atoms. The first-order valence-electron chi connectivity index (χ1n) is 5.30. The zero-order valence-corrected chi connectivity index (χ0v) is 10.3. The van der Waals surface area contributed by atoms with E-state index in [0.29, 0.717) is 22.2 Å². The summed E-state index contributed by atoms with van der Waals surface area (Å²) < 4.78 is 23.1. The maximum absolute atomic E-state index is 13.4. The number of benzene rings is 1. The lowest BCUT2D eigenvalue weighted by Gasteiger charge is -2.09. The molecular weight excluding hydrogens is 237 g/mol. The molecule has 0 atom stereocenters. The Hall–Kier alpha value is -2.17. The fraction of sp³-hybridized carbons (Fsp3) is 0.231. The molecule has 1 aromatic heterocycles. The molecule has 0 unspecified atom stereocenters. The van der Waals surface area contributed by atoms with Crippen molar-refractivity contribution in [2.45, 2.75) is 6.92 Å². The van der Waals surface area contributed by atoms with Gasteiger partial charge in [-0.25, -0.2) is 14.2 Å². The lowest BCUT2D eigenvalue weighted by atomic mass is 10.1. The monoisotopic (exact) mass is 249 g/mol. The SMILES string of the molecule is COC(=O)c1cc(OC)c2cc(F)cc(C)c2n1. The Kier molecular flexibility index (Phi) is 3.14. The second-order valence-electron chi connectivity index (χ2n) is 3.82. The number of pyridine rings is 1. The van der Waals surface area contributed by atoms with Gasteiger partial charge in [0.15, 0.2) is 5.69 Å². The lowest BCUT2D eigenvalue weighted by molar-refractivity contribution is 0.0594. The Labute approximate surface area is 103 Å². The molecule has 0 saturated heterocycles. The summed E-state index contributed by atoms with van der Waals surface area (Å²) in [5.41, 5.74) is 1.29. The minimum Gasteiger partial charge on any atom is -0.496 e. The van der Waals surface area contributed by atoms with Gasteiger partial charge in [-0.1, -0.05) is 0 Å². The number of carbonyl (C=O) groups is 1. The second kappa shape index (κ2) is 4.60. The molecule has 0 radical (unpaired) electrons. The van der Waals surface area contributed by atoms with Crippen molar-refractivity contribution in [2.24, 2.45) is 0 Å². The van der Waals surface area contributed by atoms with Crippen LogP contribution in [0.15, 0.2) is 18.2 Å². The van der Waals surface area contributed by atoms with Gasteiger partial charge in [0, 0.05) is 11.5 Å². The Morgan fingerprint density at radius 1 is 1.28 bits per heavy atom. The van der Waals surface area contributed by atoms with Crippen molar-refractivity contribution in [3.8, 4) is 5.75 Å². The highest BCUT2D eigenvalue weighted by Crippen LogP contribution is 2.28. The van der Waals surface area contributed by atoms with E-state index >= 15 is 0 Å². The third-order valence-corrected chi connectivity index (χ3v) is 2.65. The average Bonchev–Trinajstić information content (AvgIpc) is 2.36. The number of fused-ring (bicyclic) bond motifs is 1. The number of carbonyl (C=O) groups excluding carboxylic acids is 1. The van der Waals surface area contributed by atoms with Crippen molar-refractivity contribution in [2.75, 3.05) is 14.2 Å². The molecule has 1 heterocycles. The zero-order chi connectivity index (χ0) is 13.3. The summed E-state index contributed by atoms with van der Waals surface area (Å²) in [5, 5.41) is 0.530. The molecule has 94 valence electrons. The Balaban J connectivity index is 2.79. The van der Waals surface area contributed by atoms with Gasteiger partial charge in [0.1, 0.15) is 11.6 Å². The summed E-state index contributed by atoms with van der Waals surface area (Å²) in [6.07, 6.45) is 0. The first kappa shape index (κ1) is 12.3. The molecule has 1 aromatic carbocycles. The highest BCUT2D eigenvalue weighted by Gasteiger charge is 2.14. The van der Waals surface area contributed by atoms with E-state index < -0.39 is 5.97 Å². The largest absolute Gasteiger partial charge is 0.496 e. The van der Waals surface area contributed by atoms with Gasteiger partial charge in [-0.05, 0) is 24.6 Å². The first-order valence-corrected chi connectivity index (χ1v) is 5.30. The van der Waals surface area contributed by atoms with E-state index in [-0.39, 0.29) is 11.5 Å². The van der Waals surface area contributed by atoms with Crippen molar-refractivity contribution < 1.29 is 18.7 Å². The van der Waals surface area contributed by atoms with Crippen molar-refractivity contribution in [1.29, 1.82) is 0 Å². The highest BCUT2D eigenvalue weighted by atomic mass is 19.1. The van der Waals surface area contributed by atoms with Crippen molar-refractivity contribution in [1.82, 2.24) is 4.98 Å². The van der Waals surface area contributed by atoms with E-state index in [2.05, 4.69) is 9.72 Å². The summed E-state index contributed by atoms with van der Waals surface area (Å²) in [5.74, 6) is -0.534. The number of hydrogen-bond donors (Lipinski definition) is 0. The molecule has 0 aliphatic carbocycles.